The van der Waals surface area contributed by atoms with E-state index >= 15 is 0 Å². The van der Waals surface area contributed by atoms with Gasteiger partial charge in [-0.2, -0.15) is 0 Å². The van der Waals surface area contributed by atoms with Crippen molar-refractivity contribution in [2.45, 2.75) is 65.3 Å². The molecule has 2 saturated carbocycles. The second kappa shape index (κ2) is 4.45. The lowest BCUT2D eigenvalue weighted by Gasteiger charge is -2.32. The van der Waals surface area contributed by atoms with Gasteiger partial charge in [-0.3, -0.25) is 0 Å². The Labute approximate surface area is 95.0 Å². The number of hydrogen-bond acceptors (Lipinski definition) is 1. The fourth-order valence-corrected chi connectivity index (χ4v) is 2.86. The van der Waals surface area contributed by atoms with Crippen molar-refractivity contribution in [2.24, 2.45) is 17.3 Å². The maximum atomic E-state index is 3.77. The molecule has 15 heavy (non-hydrogen) atoms. The van der Waals surface area contributed by atoms with E-state index < -0.39 is 0 Å². The largest absolute Gasteiger partial charge is 0.313 e. The fourth-order valence-electron chi connectivity index (χ4n) is 2.86. The highest BCUT2D eigenvalue weighted by molar-refractivity contribution is 4.88. The molecule has 2 fully saturated rings. The number of nitrogens with one attached hydrogen (secondary N) is 1. The molecule has 0 aromatic carbocycles. The molecule has 1 nitrogen and oxygen atoms in total. The van der Waals surface area contributed by atoms with Crippen LogP contribution in [0.1, 0.15) is 59.3 Å². The third kappa shape index (κ3) is 3.79. The highest BCUT2D eigenvalue weighted by Crippen LogP contribution is 2.43. The van der Waals surface area contributed by atoms with Gasteiger partial charge in [-0.25, -0.2) is 0 Å². The third-order valence-corrected chi connectivity index (χ3v) is 3.92. The highest BCUT2D eigenvalue weighted by atomic mass is 14.9. The van der Waals surface area contributed by atoms with Gasteiger partial charge < -0.3 is 5.32 Å². The predicted molar refractivity (Wildman–Crippen MR) is 65.9 cm³/mol. The molecule has 2 rings (SSSR count). The van der Waals surface area contributed by atoms with Crippen molar-refractivity contribution in [3.05, 3.63) is 0 Å². The molecule has 0 aromatic heterocycles. The second-order valence-electron chi connectivity index (χ2n) is 6.90. The summed E-state index contributed by atoms with van der Waals surface area (Å²) >= 11 is 0. The Morgan fingerprint density at radius 3 is 2.33 bits per heavy atom. The molecule has 0 aliphatic heterocycles. The monoisotopic (exact) mass is 209 g/mol. The van der Waals surface area contributed by atoms with E-state index in [-0.39, 0.29) is 0 Å². The van der Waals surface area contributed by atoms with Gasteiger partial charge in [0.2, 0.25) is 0 Å². The first kappa shape index (κ1) is 11.4. The van der Waals surface area contributed by atoms with Crippen molar-refractivity contribution in [2.75, 3.05) is 6.54 Å². The van der Waals surface area contributed by atoms with Crippen LogP contribution in [-0.4, -0.2) is 12.6 Å². The van der Waals surface area contributed by atoms with E-state index in [9.17, 15) is 0 Å². The van der Waals surface area contributed by atoms with E-state index in [1.165, 1.54) is 45.1 Å². The Bertz CT molecular complexity index is 200. The molecule has 0 amide bonds. The van der Waals surface area contributed by atoms with Crippen LogP contribution in [0.25, 0.3) is 0 Å². The summed E-state index contributed by atoms with van der Waals surface area (Å²) < 4.78 is 0. The quantitative estimate of drug-likeness (QED) is 0.749. The molecule has 0 radical (unpaired) electrons. The first-order valence-corrected chi connectivity index (χ1v) is 6.78. The Morgan fingerprint density at radius 1 is 1.00 bits per heavy atom. The van der Waals surface area contributed by atoms with Gasteiger partial charge in [0.1, 0.15) is 0 Å². The standard InChI is InChI=1S/C14H27N/c1-14(2,3)10-15-13-6-4-5-12(9-13)11-7-8-11/h11-13,15H,4-10H2,1-3H3. The summed E-state index contributed by atoms with van der Waals surface area (Å²) in [4.78, 5) is 0. The molecule has 1 heteroatoms. The first-order valence-electron chi connectivity index (χ1n) is 6.78. The van der Waals surface area contributed by atoms with Gasteiger partial charge >= 0.3 is 0 Å². The molecule has 88 valence electrons. The SMILES string of the molecule is CC(C)(C)CNC1CCCC(C2CC2)C1. The van der Waals surface area contributed by atoms with Crippen molar-refractivity contribution in [1.82, 2.24) is 5.32 Å². The van der Waals surface area contributed by atoms with Gasteiger partial charge in [-0.15, -0.1) is 0 Å². The van der Waals surface area contributed by atoms with Crippen LogP contribution in [0.15, 0.2) is 0 Å². The van der Waals surface area contributed by atoms with Crippen LogP contribution in [-0.2, 0) is 0 Å². The lowest BCUT2D eigenvalue weighted by atomic mass is 9.82. The van der Waals surface area contributed by atoms with E-state index in [4.69, 9.17) is 0 Å². The molecular formula is C14H27N. The van der Waals surface area contributed by atoms with Gasteiger partial charge in [-0.05, 0) is 42.9 Å². The molecule has 2 aliphatic carbocycles. The van der Waals surface area contributed by atoms with Crippen molar-refractivity contribution < 1.29 is 0 Å². The smallest absolute Gasteiger partial charge is 0.00700 e. The fraction of sp³-hybridized carbons (Fsp3) is 1.00. The van der Waals surface area contributed by atoms with Crippen LogP contribution in [0, 0.1) is 17.3 Å². The van der Waals surface area contributed by atoms with E-state index in [1.807, 2.05) is 0 Å². The minimum absolute atomic E-state index is 0.437. The molecule has 1 N–H and O–H groups in total. The van der Waals surface area contributed by atoms with Crippen LogP contribution in [0.5, 0.6) is 0 Å². The Morgan fingerprint density at radius 2 is 1.73 bits per heavy atom. The zero-order valence-electron chi connectivity index (χ0n) is 10.7. The zero-order chi connectivity index (χ0) is 10.9. The summed E-state index contributed by atoms with van der Waals surface area (Å²) in [6, 6.07) is 0.823. The molecule has 0 saturated heterocycles. The van der Waals surface area contributed by atoms with E-state index in [2.05, 4.69) is 26.1 Å². The van der Waals surface area contributed by atoms with Crippen LogP contribution in [0.4, 0.5) is 0 Å². The van der Waals surface area contributed by atoms with Gasteiger partial charge in [0.15, 0.2) is 0 Å². The van der Waals surface area contributed by atoms with Gasteiger partial charge in [0, 0.05) is 12.6 Å². The molecule has 2 atom stereocenters. The molecule has 0 bridgehead atoms. The predicted octanol–water partition coefficient (Wildman–Crippen LogP) is 3.59. The Kier molecular flexibility index (Phi) is 3.39. The zero-order valence-corrected chi connectivity index (χ0v) is 10.7. The summed E-state index contributed by atoms with van der Waals surface area (Å²) in [5.41, 5.74) is 0.437. The average molecular weight is 209 g/mol. The van der Waals surface area contributed by atoms with Gasteiger partial charge in [-0.1, -0.05) is 33.6 Å². The highest BCUT2D eigenvalue weighted by Gasteiger charge is 2.34. The minimum Gasteiger partial charge on any atom is -0.313 e. The van der Waals surface area contributed by atoms with E-state index in [0.29, 0.717) is 5.41 Å². The first-order chi connectivity index (χ1) is 7.04. The number of hydrogen-bond donors (Lipinski definition) is 1. The molecule has 0 aromatic rings. The molecule has 0 heterocycles. The molecule has 2 aliphatic rings. The summed E-state index contributed by atoms with van der Waals surface area (Å²) in [5, 5.41) is 3.77. The molecule has 2 unspecified atom stereocenters. The summed E-state index contributed by atoms with van der Waals surface area (Å²) in [7, 11) is 0. The number of rotatable bonds is 3. The summed E-state index contributed by atoms with van der Waals surface area (Å²) in [5.74, 6) is 2.18. The third-order valence-electron chi connectivity index (χ3n) is 3.92. The van der Waals surface area contributed by atoms with Gasteiger partial charge in [0.05, 0.1) is 0 Å². The van der Waals surface area contributed by atoms with E-state index in [1.54, 1.807) is 0 Å². The Hall–Kier alpha value is -0.0400. The topological polar surface area (TPSA) is 12.0 Å². The van der Waals surface area contributed by atoms with Crippen molar-refractivity contribution in [1.29, 1.82) is 0 Å². The summed E-state index contributed by atoms with van der Waals surface area (Å²) in [6.07, 6.45) is 8.90. The summed E-state index contributed by atoms with van der Waals surface area (Å²) in [6.45, 7) is 8.14. The van der Waals surface area contributed by atoms with Crippen LogP contribution in [0.3, 0.4) is 0 Å². The van der Waals surface area contributed by atoms with Crippen molar-refractivity contribution >= 4 is 0 Å². The lowest BCUT2D eigenvalue weighted by molar-refractivity contribution is 0.240. The second-order valence-corrected chi connectivity index (χ2v) is 6.90. The Balaban J connectivity index is 1.72. The van der Waals surface area contributed by atoms with Crippen LogP contribution >= 0.6 is 0 Å². The van der Waals surface area contributed by atoms with Crippen molar-refractivity contribution in [3.8, 4) is 0 Å². The van der Waals surface area contributed by atoms with Crippen molar-refractivity contribution in [3.63, 3.8) is 0 Å². The maximum absolute atomic E-state index is 3.77. The van der Waals surface area contributed by atoms with Crippen LogP contribution in [0.2, 0.25) is 0 Å². The van der Waals surface area contributed by atoms with E-state index in [0.717, 1.165) is 17.9 Å². The van der Waals surface area contributed by atoms with Gasteiger partial charge in [0.25, 0.3) is 0 Å². The normalized spacial score (nSPS) is 33.0. The average Bonchev–Trinajstić information content (AvgIpc) is 2.97. The molecular weight excluding hydrogens is 182 g/mol. The minimum atomic E-state index is 0.437. The lowest BCUT2D eigenvalue weighted by Crippen LogP contribution is -2.39. The molecule has 0 spiro atoms. The maximum Gasteiger partial charge on any atom is 0.00700 e. The van der Waals surface area contributed by atoms with Crippen LogP contribution < -0.4 is 5.32 Å².